The van der Waals surface area contributed by atoms with Crippen LogP contribution in [-0.4, -0.2) is 53.8 Å². The quantitative estimate of drug-likeness (QED) is 0.822. The van der Waals surface area contributed by atoms with Crippen molar-refractivity contribution in [2.75, 3.05) is 24.7 Å². The molecule has 0 radical (unpaired) electrons. The maximum atomic E-state index is 12.1. The van der Waals surface area contributed by atoms with E-state index < -0.39 is 0 Å². The van der Waals surface area contributed by atoms with Crippen LogP contribution in [0.5, 0.6) is 0 Å². The fourth-order valence-corrected chi connectivity index (χ4v) is 3.30. The van der Waals surface area contributed by atoms with Crippen LogP contribution in [0.4, 0.5) is 0 Å². The van der Waals surface area contributed by atoms with Gasteiger partial charge in [-0.2, -0.15) is 0 Å². The lowest BCUT2D eigenvalue weighted by Crippen LogP contribution is -2.49. The minimum atomic E-state index is 0.0440. The summed E-state index contributed by atoms with van der Waals surface area (Å²) in [6.07, 6.45) is 2.58. The SMILES string of the molecule is CC(C)OC1CCN(C(=O)C2CSCN2)CC1. The van der Waals surface area contributed by atoms with Gasteiger partial charge in [0.1, 0.15) is 0 Å². The molecule has 5 heteroatoms. The predicted octanol–water partition coefficient (Wildman–Crippen LogP) is 1.06. The van der Waals surface area contributed by atoms with Crippen molar-refractivity contribution < 1.29 is 9.53 Å². The first kappa shape index (κ1) is 13.2. The second kappa shape index (κ2) is 6.07. The molecule has 2 aliphatic heterocycles. The van der Waals surface area contributed by atoms with Crippen LogP contribution in [0.15, 0.2) is 0 Å². The molecule has 0 aromatic rings. The Balaban J connectivity index is 1.76. The minimum absolute atomic E-state index is 0.0440. The lowest BCUT2D eigenvalue weighted by atomic mass is 10.1. The van der Waals surface area contributed by atoms with Crippen LogP contribution in [0.3, 0.4) is 0 Å². The first-order valence-corrected chi connectivity index (χ1v) is 7.57. The largest absolute Gasteiger partial charge is 0.375 e. The molecule has 17 heavy (non-hydrogen) atoms. The first-order chi connectivity index (χ1) is 8.16. The van der Waals surface area contributed by atoms with Crippen LogP contribution >= 0.6 is 11.8 Å². The second-order valence-electron chi connectivity index (χ2n) is 4.98. The highest BCUT2D eigenvalue weighted by Gasteiger charge is 2.30. The molecule has 2 heterocycles. The Morgan fingerprint density at radius 2 is 2.12 bits per heavy atom. The Morgan fingerprint density at radius 3 is 2.65 bits per heavy atom. The summed E-state index contributed by atoms with van der Waals surface area (Å²) in [4.78, 5) is 14.1. The van der Waals surface area contributed by atoms with Gasteiger partial charge in [-0.15, -0.1) is 11.8 Å². The molecule has 1 amide bonds. The highest BCUT2D eigenvalue weighted by Crippen LogP contribution is 2.18. The Hall–Kier alpha value is -0.260. The van der Waals surface area contributed by atoms with Crippen molar-refractivity contribution in [1.29, 1.82) is 0 Å². The summed E-state index contributed by atoms with van der Waals surface area (Å²) in [7, 11) is 0. The molecule has 1 unspecified atom stereocenters. The van der Waals surface area contributed by atoms with Gasteiger partial charge in [-0.1, -0.05) is 0 Å². The molecule has 0 aromatic carbocycles. The van der Waals surface area contributed by atoms with Crippen molar-refractivity contribution in [3.05, 3.63) is 0 Å². The van der Waals surface area contributed by atoms with Crippen molar-refractivity contribution >= 4 is 17.7 Å². The number of likely N-dealkylation sites (tertiary alicyclic amines) is 1. The average molecular weight is 258 g/mol. The summed E-state index contributed by atoms with van der Waals surface area (Å²) >= 11 is 1.80. The molecule has 2 aliphatic rings. The number of thioether (sulfide) groups is 1. The fraction of sp³-hybridized carbons (Fsp3) is 0.917. The normalized spacial score (nSPS) is 26.8. The van der Waals surface area contributed by atoms with E-state index in [0.29, 0.717) is 6.10 Å². The van der Waals surface area contributed by atoms with Crippen LogP contribution < -0.4 is 5.32 Å². The van der Waals surface area contributed by atoms with E-state index in [1.807, 2.05) is 4.90 Å². The van der Waals surface area contributed by atoms with Crippen molar-refractivity contribution in [2.45, 2.75) is 44.9 Å². The zero-order chi connectivity index (χ0) is 12.3. The third kappa shape index (κ3) is 3.60. The van der Waals surface area contributed by atoms with Crippen LogP contribution in [0, 0.1) is 0 Å². The third-order valence-corrected chi connectivity index (χ3v) is 4.17. The standard InChI is InChI=1S/C12H22N2O2S/c1-9(2)16-10-3-5-14(6-4-10)12(15)11-7-17-8-13-11/h9-11,13H,3-8H2,1-2H3. The van der Waals surface area contributed by atoms with Crippen molar-refractivity contribution in [3.63, 3.8) is 0 Å². The molecule has 4 nitrogen and oxygen atoms in total. The van der Waals surface area contributed by atoms with E-state index in [0.717, 1.165) is 37.6 Å². The number of nitrogens with one attached hydrogen (secondary N) is 1. The van der Waals surface area contributed by atoms with Gasteiger partial charge in [0.05, 0.1) is 18.2 Å². The summed E-state index contributed by atoms with van der Waals surface area (Å²) in [5.74, 6) is 2.10. The molecule has 0 bridgehead atoms. The molecule has 2 rings (SSSR count). The molecule has 0 aromatic heterocycles. The Morgan fingerprint density at radius 1 is 1.41 bits per heavy atom. The average Bonchev–Trinajstić information content (AvgIpc) is 2.82. The molecule has 0 spiro atoms. The highest BCUT2D eigenvalue weighted by atomic mass is 32.2. The number of carbonyl (C=O) groups excluding carboxylic acids is 1. The van der Waals surface area contributed by atoms with Gasteiger partial charge in [0.2, 0.25) is 5.91 Å². The molecule has 2 fully saturated rings. The number of hydrogen-bond acceptors (Lipinski definition) is 4. The highest BCUT2D eigenvalue weighted by molar-refractivity contribution is 7.99. The van der Waals surface area contributed by atoms with Gasteiger partial charge in [0.25, 0.3) is 0 Å². The maximum absolute atomic E-state index is 12.1. The van der Waals surface area contributed by atoms with Crippen LogP contribution in [-0.2, 0) is 9.53 Å². The molecule has 0 aliphatic carbocycles. The van der Waals surface area contributed by atoms with Gasteiger partial charge in [0, 0.05) is 24.7 Å². The number of carbonyl (C=O) groups is 1. The number of piperidine rings is 1. The number of amides is 1. The van der Waals surface area contributed by atoms with Crippen molar-refractivity contribution in [2.24, 2.45) is 0 Å². The lowest BCUT2D eigenvalue weighted by Gasteiger charge is -2.34. The van der Waals surface area contributed by atoms with E-state index in [1.54, 1.807) is 11.8 Å². The summed E-state index contributed by atoms with van der Waals surface area (Å²) < 4.78 is 5.79. The molecule has 2 saturated heterocycles. The summed E-state index contributed by atoms with van der Waals surface area (Å²) in [5.41, 5.74) is 0. The van der Waals surface area contributed by atoms with E-state index in [-0.39, 0.29) is 18.1 Å². The van der Waals surface area contributed by atoms with Crippen LogP contribution in [0.1, 0.15) is 26.7 Å². The van der Waals surface area contributed by atoms with Crippen molar-refractivity contribution in [1.82, 2.24) is 10.2 Å². The topological polar surface area (TPSA) is 41.6 Å². The lowest BCUT2D eigenvalue weighted by molar-refractivity contribution is -0.135. The summed E-state index contributed by atoms with van der Waals surface area (Å²) in [5, 5.41) is 3.24. The number of ether oxygens (including phenoxy) is 1. The number of rotatable bonds is 3. The van der Waals surface area contributed by atoms with Gasteiger partial charge < -0.3 is 9.64 Å². The Bertz CT molecular complexity index is 259. The van der Waals surface area contributed by atoms with Gasteiger partial charge in [-0.05, 0) is 26.7 Å². The third-order valence-electron chi connectivity index (χ3n) is 3.23. The molecule has 1 N–H and O–H groups in total. The van der Waals surface area contributed by atoms with Gasteiger partial charge >= 0.3 is 0 Å². The van der Waals surface area contributed by atoms with Gasteiger partial charge in [-0.25, -0.2) is 0 Å². The molecular weight excluding hydrogens is 236 g/mol. The number of nitrogens with zero attached hydrogens (tertiary/aromatic N) is 1. The van der Waals surface area contributed by atoms with Crippen molar-refractivity contribution in [3.8, 4) is 0 Å². The van der Waals surface area contributed by atoms with Gasteiger partial charge in [-0.3, -0.25) is 10.1 Å². The smallest absolute Gasteiger partial charge is 0.240 e. The Labute approximate surface area is 107 Å². The summed E-state index contributed by atoms with van der Waals surface area (Å²) in [6, 6.07) is 0.0440. The summed E-state index contributed by atoms with van der Waals surface area (Å²) in [6.45, 7) is 5.83. The first-order valence-electron chi connectivity index (χ1n) is 6.42. The zero-order valence-electron chi connectivity index (χ0n) is 10.6. The fourth-order valence-electron chi connectivity index (χ4n) is 2.37. The molecule has 0 saturated carbocycles. The van der Waals surface area contributed by atoms with E-state index in [4.69, 9.17) is 4.74 Å². The van der Waals surface area contributed by atoms with E-state index >= 15 is 0 Å². The van der Waals surface area contributed by atoms with Crippen LogP contribution in [0.25, 0.3) is 0 Å². The Kier molecular flexibility index (Phi) is 4.70. The minimum Gasteiger partial charge on any atom is -0.375 e. The number of hydrogen-bond donors (Lipinski definition) is 1. The maximum Gasteiger partial charge on any atom is 0.240 e. The second-order valence-corrected chi connectivity index (χ2v) is 6.01. The van der Waals surface area contributed by atoms with E-state index in [9.17, 15) is 4.79 Å². The molecule has 98 valence electrons. The van der Waals surface area contributed by atoms with E-state index in [2.05, 4.69) is 19.2 Å². The van der Waals surface area contributed by atoms with Crippen LogP contribution in [0.2, 0.25) is 0 Å². The monoisotopic (exact) mass is 258 g/mol. The molecular formula is C12H22N2O2S. The predicted molar refractivity (Wildman–Crippen MR) is 70.1 cm³/mol. The van der Waals surface area contributed by atoms with Gasteiger partial charge in [0.15, 0.2) is 0 Å². The van der Waals surface area contributed by atoms with E-state index in [1.165, 1.54) is 0 Å². The molecule has 1 atom stereocenters. The zero-order valence-corrected chi connectivity index (χ0v) is 11.5.